The van der Waals surface area contributed by atoms with Crippen molar-refractivity contribution in [3.63, 3.8) is 0 Å². The number of alkyl halides is 1. The van der Waals surface area contributed by atoms with Gasteiger partial charge in [-0.3, -0.25) is 4.39 Å². The van der Waals surface area contributed by atoms with Gasteiger partial charge in [-0.2, -0.15) is 8.78 Å². The Morgan fingerprint density at radius 2 is 1.85 bits per heavy atom. The van der Waals surface area contributed by atoms with Gasteiger partial charge in [0.15, 0.2) is 11.5 Å². The minimum absolute atomic E-state index is 0.0282. The summed E-state index contributed by atoms with van der Waals surface area (Å²) in [5, 5.41) is 0. The molecule has 0 N–H and O–H groups in total. The first-order chi connectivity index (χ1) is 12.6. The Morgan fingerprint density at radius 3 is 2.54 bits per heavy atom. The Bertz CT molecular complexity index is 597. The monoisotopic (exact) mass is 370 g/mol. The van der Waals surface area contributed by atoms with E-state index in [0.29, 0.717) is 36.8 Å². The fourth-order valence-corrected chi connectivity index (χ4v) is 4.43. The zero-order valence-electron chi connectivity index (χ0n) is 15.5. The zero-order chi connectivity index (χ0) is 18.5. The van der Waals surface area contributed by atoms with Crippen molar-refractivity contribution in [1.82, 2.24) is 0 Å². The molecule has 1 aromatic rings. The molecule has 1 aromatic carbocycles. The summed E-state index contributed by atoms with van der Waals surface area (Å²) >= 11 is 0. The highest BCUT2D eigenvalue weighted by Gasteiger charge is 2.34. The highest BCUT2D eigenvalue weighted by molar-refractivity contribution is 5.44. The van der Waals surface area contributed by atoms with Crippen molar-refractivity contribution in [2.24, 2.45) is 11.8 Å². The molecule has 0 bridgehead atoms. The first kappa shape index (κ1) is 19.4. The number of fused-ring (bicyclic) bond motifs is 1. The molecule has 1 saturated carbocycles. The van der Waals surface area contributed by atoms with E-state index in [-0.39, 0.29) is 24.3 Å². The van der Waals surface area contributed by atoms with Crippen molar-refractivity contribution in [2.45, 2.75) is 70.8 Å². The third kappa shape index (κ3) is 4.29. The number of unbranched alkanes of at least 4 members (excludes halogenated alkanes) is 1. The molecular weight excluding hydrogens is 341 g/mol. The number of benzene rings is 1. The van der Waals surface area contributed by atoms with Gasteiger partial charge in [-0.1, -0.05) is 25.7 Å². The third-order valence-corrected chi connectivity index (χ3v) is 5.89. The van der Waals surface area contributed by atoms with Gasteiger partial charge in [0.2, 0.25) is 11.6 Å². The molecular formula is C21H29F3O2. The van der Waals surface area contributed by atoms with E-state index in [2.05, 4.69) is 0 Å². The molecule has 1 unspecified atom stereocenters. The lowest BCUT2D eigenvalue weighted by molar-refractivity contribution is 0.0704. The molecule has 0 aromatic heterocycles. The molecule has 3 rings (SSSR count). The first-order valence-electron chi connectivity index (χ1n) is 10.00. The lowest BCUT2D eigenvalue weighted by Gasteiger charge is -2.37. The van der Waals surface area contributed by atoms with Gasteiger partial charge in [0.05, 0.1) is 13.3 Å². The number of ether oxygens (including phenoxy) is 2. The van der Waals surface area contributed by atoms with E-state index in [0.717, 1.165) is 44.9 Å². The van der Waals surface area contributed by atoms with E-state index in [4.69, 9.17) is 9.47 Å². The largest absolute Gasteiger partial charge is 0.491 e. The van der Waals surface area contributed by atoms with Gasteiger partial charge < -0.3 is 9.47 Å². The Kier molecular flexibility index (Phi) is 6.71. The maximum atomic E-state index is 14.4. The Hall–Kier alpha value is -1.39. The number of rotatable bonds is 7. The average molecular weight is 370 g/mol. The van der Waals surface area contributed by atoms with Crippen LogP contribution in [0.15, 0.2) is 6.07 Å². The van der Waals surface area contributed by atoms with Gasteiger partial charge in [0.1, 0.15) is 6.10 Å². The highest BCUT2D eigenvalue weighted by atomic mass is 19.2. The van der Waals surface area contributed by atoms with Crippen LogP contribution in [-0.4, -0.2) is 19.4 Å². The maximum Gasteiger partial charge on any atom is 0.204 e. The molecule has 0 radical (unpaired) electrons. The van der Waals surface area contributed by atoms with Crippen LogP contribution in [0.2, 0.25) is 0 Å². The van der Waals surface area contributed by atoms with Crippen LogP contribution in [-0.2, 0) is 6.42 Å². The third-order valence-electron chi connectivity index (χ3n) is 5.89. The van der Waals surface area contributed by atoms with Gasteiger partial charge in [0, 0.05) is 5.56 Å². The highest BCUT2D eigenvalue weighted by Crippen LogP contribution is 2.41. The fraction of sp³-hybridized carbons (Fsp3) is 0.714. The van der Waals surface area contributed by atoms with Crippen molar-refractivity contribution in [2.75, 3.05) is 13.3 Å². The van der Waals surface area contributed by atoms with Crippen molar-refractivity contribution in [3.8, 4) is 11.5 Å². The Balaban J connectivity index is 1.60. The molecule has 0 spiro atoms. The molecule has 1 atom stereocenters. The van der Waals surface area contributed by atoms with E-state index >= 15 is 0 Å². The molecule has 0 amide bonds. The molecule has 146 valence electrons. The van der Waals surface area contributed by atoms with Crippen molar-refractivity contribution < 1.29 is 22.6 Å². The van der Waals surface area contributed by atoms with Gasteiger partial charge in [-0.15, -0.1) is 0 Å². The van der Waals surface area contributed by atoms with Crippen LogP contribution in [0.5, 0.6) is 11.5 Å². The predicted octanol–water partition coefficient (Wildman–Crippen LogP) is 6.00. The fourth-order valence-electron chi connectivity index (χ4n) is 4.43. The molecule has 2 nitrogen and oxygen atoms in total. The van der Waals surface area contributed by atoms with Crippen molar-refractivity contribution in [3.05, 3.63) is 23.3 Å². The topological polar surface area (TPSA) is 18.5 Å². The first-order valence-corrected chi connectivity index (χ1v) is 10.00. The second-order valence-corrected chi connectivity index (χ2v) is 7.58. The van der Waals surface area contributed by atoms with Gasteiger partial charge in [-0.25, -0.2) is 0 Å². The summed E-state index contributed by atoms with van der Waals surface area (Å²) in [6.45, 7) is 1.82. The summed E-state index contributed by atoms with van der Waals surface area (Å²) in [7, 11) is 0. The van der Waals surface area contributed by atoms with Crippen LogP contribution < -0.4 is 9.47 Å². The molecule has 2 aliphatic rings. The SMILES string of the molecule is CCOc1cc2c(c(F)c1F)OC(C1CCC(CCCCF)CC1)CC2. The van der Waals surface area contributed by atoms with Crippen LogP contribution >= 0.6 is 0 Å². The van der Waals surface area contributed by atoms with E-state index in [1.807, 2.05) is 0 Å². The zero-order valence-corrected chi connectivity index (χ0v) is 15.5. The summed E-state index contributed by atoms with van der Waals surface area (Å²) in [6.07, 6.45) is 8.58. The summed E-state index contributed by atoms with van der Waals surface area (Å²) < 4.78 is 51.9. The van der Waals surface area contributed by atoms with Crippen LogP contribution in [0.25, 0.3) is 0 Å². The van der Waals surface area contributed by atoms with E-state index in [1.165, 1.54) is 0 Å². The smallest absolute Gasteiger partial charge is 0.204 e. The van der Waals surface area contributed by atoms with E-state index < -0.39 is 11.6 Å². The summed E-state index contributed by atoms with van der Waals surface area (Å²) in [6, 6.07) is 1.58. The van der Waals surface area contributed by atoms with Crippen LogP contribution in [0.1, 0.15) is 63.9 Å². The van der Waals surface area contributed by atoms with Crippen LogP contribution in [0, 0.1) is 23.5 Å². The molecule has 0 saturated heterocycles. The van der Waals surface area contributed by atoms with E-state index in [9.17, 15) is 13.2 Å². The lowest BCUT2D eigenvalue weighted by Crippen LogP contribution is -2.34. The number of hydrogen-bond donors (Lipinski definition) is 0. The number of hydrogen-bond acceptors (Lipinski definition) is 2. The molecule has 1 heterocycles. The summed E-state index contributed by atoms with van der Waals surface area (Å²) in [4.78, 5) is 0. The molecule has 26 heavy (non-hydrogen) atoms. The maximum absolute atomic E-state index is 14.4. The van der Waals surface area contributed by atoms with E-state index in [1.54, 1.807) is 13.0 Å². The standard InChI is InChI=1S/C21H29F3O2/c1-2-25-18-13-16-10-11-17(26-21(16)20(24)19(18)23)15-8-6-14(7-9-15)5-3-4-12-22/h13-15,17H,2-12H2,1H3. The average Bonchev–Trinajstić information content (AvgIpc) is 2.67. The van der Waals surface area contributed by atoms with Crippen LogP contribution in [0.4, 0.5) is 13.2 Å². The molecule has 1 aliphatic heterocycles. The quantitative estimate of drug-likeness (QED) is 0.548. The molecule has 1 fully saturated rings. The molecule has 5 heteroatoms. The van der Waals surface area contributed by atoms with Crippen molar-refractivity contribution in [1.29, 1.82) is 0 Å². The van der Waals surface area contributed by atoms with Gasteiger partial charge in [0.25, 0.3) is 0 Å². The normalized spacial score (nSPS) is 25.5. The minimum Gasteiger partial charge on any atom is -0.491 e. The minimum atomic E-state index is -0.956. The lowest BCUT2D eigenvalue weighted by atomic mass is 9.76. The number of aryl methyl sites for hydroxylation is 1. The second kappa shape index (κ2) is 9.01. The van der Waals surface area contributed by atoms with Crippen molar-refractivity contribution >= 4 is 0 Å². The van der Waals surface area contributed by atoms with Gasteiger partial charge >= 0.3 is 0 Å². The molecule has 1 aliphatic carbocycles. The predicted molar refractivity (Wildman–Crippen MR) is 95.5 cm³/mol. The number of halogens is 3. The summed E-state index contributed by atoms with van der Waals surface area (Å²) in [5.74, 6) is -0.753. The Labute approximate surface area is 154 Å². The summed E-state index contributed by atoms with van der Waals surface area (Å²) in [5.41, 5.74) is 0.698. The second-order valence-electron chi connectivity index (χ2n) is 7.58. The Morgan fingerprint density at radius 1 is 1.08 bits per heavy atom. The van der Waals surface area contributed by atoms with Crippen LogP contribution in [0.3, 0.4) is 0 Å². The van der Waals surface area contributed by atoms with Gasteiger partial charge in [-0.05, 0) is 56.9 Å².